The van der Waals surface area contributed by atoms with Gasteiger partial charge in [-0.2, -0.15) is 4.31 Å². The average Bonchev–Trinajstić information content (AvgIpc) is 2.98. The Kier molecular flexibility index (Phi) is 4.39. The van der Waals surface area contributed by atoms with Crippen molar-refractivity contribution >= 4 is 21.4 Å². The highest BCUT2D eigenvalue weighted by Crippen LogP contribution is 2.28. The standard InChI is InChI=1S/C11H18N2O3S2/c12-5-3-10-1-2-11(17-10)18(15,16)13-6-4-9(7-13)8-14/h1-2,9,14H,3-8,12H2. The Labute approximate surface area is 111 Å². The zero-order valence-electron chi connectivity index (χ0n) is 10.1. The Balaban J connectivity index is 2.15. The minimum absolute atomic E-state index is 0.0505. The molecule has 0 radical (unpaired) electrons. The minimum Gasteiger partial charge on any atom is -0.396 e. The fourth-order valence-electron chi connectivity index (χ4n) is 2.07. The second kappa shape index (κ2) is 5.66. The maximum absolute atomic E-state index is 12.3. The highest BCUT2D eigenvalue weighted by Gasteiger charge is 2.32. The molecular formula is C11H18N2O3S2. The van der Waals surface area contributed by atoms with Gasteiger partial charge < -0.3 is 10.8 Å². The third-order valence-electron chi connectivity index (χ3n) is 3.13. The van der Waals surface area contributed by atoms with Gasteiger partial charge in [0, 0.05) is 24.6 Å². The van der Waals surface area contributed by atoms with Crippen LogP contribution in [-0.4, -0.2) is 44.1 Å². The van der Waals surface area contributed by atoms with Crippen LogP contribution >= 0.6 is 11.3 Å². The minimum atomic E-state index is -3.38. The molecule has 102 valence electrons. The molecule has 0 spiro atoms. The monoisotopic (exact) mass is 290 g/mol. The summed E-state index contributed by atoms with van der Waals surface area (Å²) in [6.45, 7) is 1.49. The van der Waals surface area contributed by atoms with Crippen LogP contribution in [0.15, 0.2) is 16.3 Å². The molecule has 0 amide bonds. The van der Waals surface area contributed by atoms with Gasteiger partial charge in [-0.3, -0.25) is 0 Å². The lowest BCUT2D eigenvalue weighted by Crippen LogP contribution is -2.28. The zero-order valence-corrected chi connectivity index (χ0v) is 11.7. The van der Waals surface area contributed by atoms with E-state index < -0.39 is 10.0 Å². The summed E-state index contributed by atoms with van der Waals surface area (Å²) in [5.41, 5.74) is 5.46. The lowest BCUT2D eigenvalue weighted by molar-refractivity contribution is 0.233. The second-order valence-electron chi connectivity index (χ2n) is 4.46. The number of hydrogen-bond donors (Lipinski definition) is 2. The number of aliphatic hydroxyl groups is 1. The summed E-state index contributed by atoms with van der Waals surface area (Å²) < 4.78 is 26.5. The number of hydrogen-bond acceptors (Lipinski definition) is 5. The zero-order chi connectivity index (χ0) is 13.2. The molecule has 1 aromatic heterocycles. The maximum atomic E-state index is 12.3. The van der Waals surface area contributed by atoms with Gasteiger partial charge in [0.25, 0.3) is 10.0 Å². The Morgan fingerprint density at radius 1 is 1.50 bits per heavy atom. The van der Waals surface area contributed by atoms with E-state index in [1.807, 2.05) is 6.07 Å². The first-order valence-electron chi connectivity index (χ1n) is 5.97. The molecule has 0 aliphatic carbocycles. The molecule has 1 aliphatic rings. The van der Waals surface area contributed by atoms with Crippen LogP contribution in [0.25, 0.3) is 0 Å². The molecule has 1 saturated heterocycles. The summed E-state index contributed by atoms with van der Waals surface area (Å²) in [5.74, 6) is 0.0725. The van der Waals surface area contributed by atoms with Gasteiger partial charge in [-0.05, 0) is 37.4 Å². The van der Waals surface area contributed by atoms with Gasteiger partial charge in [-0.1, -0.05) is 0 Å². The molecule has 1 aliphatic heterocycles. The fraction of sp³-hybridized carbons (Fsp3) is 0.636. The lowest BCUT2D eigenvalue weighted by atomic mass is 10.1. The quantitative estimate of drug-likeness (QED) is 0.814. The van der Waals surface area contributed by atoms with Gasteiger partial charge in [0.2, 0.25) is 0 Å². The first-order valence-corrected chi connectivity index (χ1v) is 8.23. The van der Waals surface area contributed by atoms with E-state index in [0.717, 1.165) is 11.3 Å². The van der Waals surface area contributed by atoms with Crippen molar-refractivity contribution in [3.05, 3.63) is 17.0 Å². The highest BCUT2D eigenvalue weighted by molar-refractivity contribution is 7.91. The smallest absolute Gasteiger partial charge is 0.252 e. The topological polar surface area (TPSA) is 83.6 Å². The third kappa shape index (κ3) is 2.75. The van der Waals surface area contributed by atoms with Gasteiger partial charge >= 0.3 is 0 Å². The summed E-state index contributed by atoms with van der Waals surface area (Å²) >= 11 is 1.29. The molecule has 1 fully saturated rings. The van der Waals surface area contributed by atoms with E-state index in [4.69, 9.17) is 10.8 Å². The predicted octanol–water partition coefficient (Wildman–Crippen LogP) is 0.252. The molecule has 0 saturated carbocycles. The van der Waals surface area contributed by atoms with Gasteiger partial charge in [0.05, 0.1) is 0 Å². The van der Waals surface area contributed by atoms with Crippen molar-refractivity contribution < 1.29 is 13.5 Å². The van der Waals surface area contributed by atoms with Gasteiger partial charge in [0.1, 0.15) is 4.21 Å². The molecule has 3 N–H and O–H groups in total. The van der Waals surface area contributed by atoms with Crippen molar-refractivity contribution in [2.24, 2.45) is 11.7 Å². The number of rotatable bonds is 5. The Morgan fingerprint density at radius 3 is 2.89 bits per heavy atom. The molecule has 2 rings (SSSR count). The van der Waals surface area contributed by atoms with Gasteiger partial charge in [-0.25, -0.2) is 8.42 Å². The number of aliphatic hydroxyl groups excluding tert-OH is 1. The van der Waals surface area contributed by atoms with Gasteiger partial charge in [0.15, 0.2) is 0 Å². The normalized spacial score (nSPS) is 21.6. The van der Waals surface area contributed by atoms with E-state index in [1.54, 1.807) is 6.07 Å². The molecule has 7 heteroatoms. The summed E-state index contributed by atoms with van der Waals surface area (Å²) in [6.07, 6.45) is 1.44. The van der Waals surface area contributed by atoms with E-state index in [1.165, 1.54) is 15.6 Å². The SMILES string of the molecule is NCCc1ccc(S(=O)(=O)N2CCC(CO)C2)s1. The van der Waals surface area contributed by atoms with Gasteiger partial charge in [-0.15, -0.1) is 11.3 Å². The Morgan fingerprint density at radius 2 is 2.28 bits per heavy atom. The van der Waals surface area contributed by atoms with Crippen LogP contribution in [0.5, 0.6) is 0 Å². The van der Waals surface area contributed by atoms with Crippen LogP contribution < -0.4 is 5.73 Å². The van der Waals surface area contributed by atoms with E-state index in [0.29, 0.717) is 30.3 Å². The molecule has 0 aromatic carbocycles. The van der Waals surface area contributed by atoms with Crippen LogP contribution in [0.1, 0.15) is 11.3 Å². The summed E-state index contributed by atoms with van der Waals surface area (Å²) in [5, 5.41) is 9.06. The number of sulfonamides is 1. The maximum Gasteiger partial charge on any atom is 0.252 e. The van der Waals surface area contributed by atoms with Crippen molar-refractivity contribution in [1.29, 1.82) is 0 Å². The van der Waals surface area contributed by atoms with Crippen LogP contribution in [0.2, 0.25) is 0 Å². The predicted molar refractivity (Wildman–Crippen MR) is 71.0 cm³/mol. The summed E-state index contributed by atoms with van der Waals surface area (Å²) in [4.78, 5) is 0.994. The van der Waals surface area contributed by atoms with Crippen molar-refractivity contribution in [2.45, 2.75) is 17.1 Å². The molecule has 1 unspecified atom stereocenters. The number of nitrogens with two attached hydrogens (primary N) is 1. The van der Waals surface area contributed by atoms with Crippen molar-refractivity contribution in [3.63, 3.8) is 0 Å². The molecule has 1 aromatic rings. The number of nitrogens with zero attached hydrogens (tertiary/aromatic N) is 1. The van der Waals surface area contributed by atoms with Crippen molar-refractivity contribution in [1.82, 2.24) is 4.31 Å². The van der Waals surface area contributed by atoms with Crippen LogP contribution in [-0.2, 0) is 16.4 Å². The summed E-state index contributed by atoms with van der Waals surface area (Å²) in [7, 11) is -3.38. The largest absolute Gasteiger partial charge is 0.396 e. The van der Waals surface area contributed by atoms with Crippen LogP contribution in [0.4, 0.5) is 0 Å². The van der Waals surface area contributed by atoms with Crippen molar-refractivity contribution in [3.8, 4) is 0 Å². The average molecular weight is 290 g/mol. The van der Waals surface area contributed by atoms with E-state index >= 15 is 0 Å². The van der Waals surface area contributed by atoms with E-state index in [9.17, 15) is 8.42 Å². The molecule has 2 heterocycles. The molecule has 5 nitrogen and oxygen atoms in total. The first kappa shape index (κ1) is 14.0. The highest BCUT2D eigenvalue weighted by atomic mass is 32.2. The summed E-state index contributed by atoms with van der Waals surface area (Å²) in [6, 6.07) is 3.47. The molecule has 1 atom stereocenters. The molecule has 0 bridgehead atoms. The fourth-order valence-corrected chi connectivity index (χ4v) is 5.12. The van der Waals surface area contributed by atoms with Crippen LogP contribution in [0, 0.1) is 5.92 Å². The Bertz CT molecular complexity index is 498. The number of thiophene rings is 1. The molecule has 18 heavy (non-hydrogen) atoms. The van der Waals surface area contributed by atoms with E-state index in [-0.39, 0.29) is 12.5 Å². The van der Waals surface area contributed by atoms with E-state index in [2.05, 4.69) is 0 Å². The Hall–Kier alpha value is -0.470. The second-order valence-corrected chi connectivity index (χ2v) is 7.79. The third-order valence-corrected chi connectivity index (χ3v) is 6.61. The van der Waals surface area contributed by atoms with Crippen molar-refractivity contribution in [2.75, 3.05) is 26.2 Å². The lowest BCUT2D eigenvalue weighted by Gasteiger charge is -2.14. The van der Waals surface area contributed by atoms with Crippen LogP contribution in [0.3, 0.4) is 0 Å². The molecular weight excluding hydrogens is 272 g/mol. The first-order chi connectivity index (χ1) is 8.57.